The van der Waals surface area contributed by atoms with Crippen LogP contribution in [0.25, 0.3) is 5.69 Å². The Bertz CT molecular complexity index is 1010. The number of carbonyl (C=O) groups is 1. The molecule has 0 spiro atoms. The van der Waals surface area contributed by atoms with Crippen LogP contribution in [0.4, 0.5) is 0 Å². The maximum atomic E-state index is 11.9. The number of aryl methyl sites for hydroxylation is 1. The Morgan fingerprint density at radius 2 is 2.03 bits per heavy atom. The third kappa shape index (κ3) is 6.74. The highest BCUT2D eigenvalue weighted by Crippen LogP contribution is 2.28. The summed E-state index contributed by atoms with van der Waals surface area (Å²) in [6.45, 7) is 2.75. The number of amides is 1. The zero-order valence-corrected chi connectivity index (χ0v) is 19.4. The van der Waals surface area contributed by atoms with E-state index in [0.29, 0.717) is 25.8 Å². The largest absolute Gasteiger partial charge is 0.497 e. The highest BCUT2D eigenvalue weighted by Gasteiger charge is 2.16. The van der Waals surface area contributed by atoms with Gasteiger partial charge in [-0.2, -0.15) is 0 Å². The summed E-state index contributed by atoms with van der Waals surface area (Å²) in [5, 5.41) is 13.3. The number of benzene rings is 2. The minimum atomic E-state index is 0.0739. The minimum Gasteiger partial charge on any atom is -0.497 e. The highest BCUT2D eigenvalue weighted by atomic mass is 35.5. The molecule has 3 aromatic rings. The molecule has 6 nitrogen and oxygen atoms in total. The fraction of sp³-hybridized carbons (Fsp3) is 0.348. The summed E-state index contributed by atoms with van der Waals surface area (Å²) in [6.07, 6.45) is 2.76. The summed E-state index contributed by atoms with van der Waals surface area (Å²) in [4.78, 5) is 11.9. The van der Waals surface area contributed by atoms with Crippen molar-refractivity contribution >= 4 is 29.3 Å². The van der Waals surface area contributed by atoms with Crippen LogP contribution in [0.15, 0.2) is 53.7 Å². The van der Waals surface area contributed by atoms with Gasteiger partial charge in [0.2, 0.25) is 5.91 Å². The van der Waals surface area contributed by atoms with Gasteiger partial charge in [0.15, 0.2) is 5.16 Å². The predicted octanol–water partition coefficient (Wildman–Crippen LogP) is 5.07. The van der Waals surface area contributed by atoms with Crippen LogP contribution < -0.4 is 10.1 Å². The van der Waals surface area contributed by atoms with E-state index in [1.54, 1.807) is 18.9 Å². The number of hydrogen-bond acceptors (Lipinski definition) is 5. The van der Waals surface area contributed by atoms with Crippen molar-refractivity contribution in [1.82, 2.24) is 20.1 Å². The molecule has 2 aromatic carbocycles. The van der Waals surface area contributed by atoms with E-state index in [9.17, 15) is 4.79 Å². The maximum Gasteiger partial charge on any atom is 0.220 e. The molecule has 0 radical (unpaired) electrons. The first-order valence-corrected chi connectivity index (χ1v) is 11.7. The fourth-order valence-electron chi connectivity index (χ4n) is 3.10. The van der Waals surface area contributed by atoms with E-state index < -0.39 is 0 Å². The van der Waals surface area contributed by atoms with E-state index in [4.69, 9.17) is 16.3 Å². The highest BCUT2D eigenvalue weighted by molar-refractivity contribution is 7.98. The number of methoxy groups -OCH3 is 1. The molecule has 0 fully saturated rings. The van der Waals surface area contributed by atoms with E-state index in [-0.39, 0.29) is 5.91 Å². The van der Waals surface area contributed by atoms with Gasteiger partial charge in [0.1, 0.15) is 11.6 Å². The number of nitrogens with zero attached hydrogens (tertiary/aromatic N) is 3. The number of halogens is 1. The normalized spacial score (nSPS) is 10.8. The van der Waals surface area contributed by atoms with Crippen LogP contribution >= 0.6 is 23.4 Å². The summed E-state index contributed by atoms with van der Waals surface area (Å²) in [6, 6.07) is 15.6. The second-order valence-corrected chi connectivity index (χ2v) is 8.44. The van der Waals surface area contributed by atoms with Crippen LogP contribution in [0.5, 0.6) is 5.75 Å². The molecule has 31 heavy (non-hydrogen) atoms. The van der Waals surface area contributed by atoms with Gasteiger partial charge >= 0.3 is 0 Å². The first-order valence-electron chi connectivity index (χ1n) is 10.3. The summed E-state index contributed by atoms with van der Waals surface area (Å²) in [5.41, 5.74) is 2.05. The Kier molecular flexibility index (Phi) is 8.79. The maximum absolute atomic E-state index is 11.9. The van der Waals surface area contributed by atoms with Crippen LogP contribution in [-0.2, 0) is 17.0 Å². The molecule has 0 aliphatic heterocycles. The molecule has 1 N–H and O–H groups in total. The lowest BCUT2D eigenvalue weighted by Crippen LogP contribution is -2.23. The third-order valence-corrected chi connectivity index (χ3v) is 5.88. The monoisotopic (exact) mass is 458 g/mol. The van der Waals surface area contributed by atoms with Gasteiger partial charge in [-0.05, 0) is 42.7 Å². The quantitative estimate of drug-likeness (QED) is 0.406. The molecule has 164 valence electrons. The molecule has 1 heterocycles. The number of rotatable bonds is 11. The van der Waals surface area contributed by atoms with Crippen molar-refractivity contribution in [3.8, 4) is 11.4 Å². The average Bonchev–Trinajstić information content (AvgIpc) is 3.19. The molecule has 0 atom stereocenters. The van der Waals surface area contributed by atoms with E-state index in [1.165, 1.54) is 0 Å². The van der Waals surface area contributed by atoms with Crippen LogP contribution in [-0.4, -0.2) is 34.3 Å². The van der Waals surface area contributed by atoms with Gasteiger partial charge in [-0.1, -0.05) is 48.5 Å². The molecule has 0 unspecified atom stereocenters. The lowest BCUT2D eigenvalue weighted by molar-refractivity contribution is -0.121. The molecule has 3 rings (SSSR count). The predicted molar refractivity (Wildman–Crippen MR) is 125 cm³/mol. The summed E-state index contributed by atoms with van der Waals surface area (Å²) in [7, 11) is 1.65. The van der Waals surface area contributed by atoms with Gasteiger partial charge in [0, 0.05) is 36.2 Å². The second kappa shape index (κ2) is 11.8. The third-order valence-electron chi connectivity index (χ3n) is 4.65. The Labute approximate surface area is 192 Å². The molecular weight excluding hydrogens is 432 g/mol. The van der Waals surface area contributed by atoms with Gasteiger partial charge in [0.25, 0.3) is 0 Å². The molecule has 0 saturated heterocycles. The van der Waals surface area contributed by atoms with Crippen LogP contribution in [0.3, 0.4) is 0 Å². The smallest absolute Gasteiger partial charge is 0.220 e. The van der Waals surface area contributed by atoms with Crippen molar-refractivity contribution in [2.75, 3.05) is 13.7 Å². The van der Waals surface area contributed by atoms with E-state index in [1.807, 2.05) is 60.0 Å². The Hall–Kier alpha value is -2.51. The van der Waals surface area contributed by atoms with Gasteiger partial charge in [-0.3, -0.25) is 9.36 Å². The zero-order valence-electron chi connectivity index (χ0n) is 17.8. The van der Waals surface area contributed by atoms with E-state index >= 15 is 0 Å². The van der Waals surface area contributed by atoms with Crippen LogP contribution in [0.2, 0.25) is 5.02 Å². The second-order valence-electron chi connectivity index (χ2n) is 7.06. The number of hydrogen-bond donors (Lipinski definition) is 1. The molecule has 0 aliphatic carbocycles. The summed E-state index contributed by atoms with van der Waals surface area (Å²) < 4.78 is 7.44. The topological polar surface area (TPSA) is 69.0 Å². The lowest BCUT2D eigenvalue weighted by Gasteiger charge is -2.12. The van der Waals surface area contributed by atoms with E-state index in [0.717, 1.165) is 45.2 Å². The van der Waals surface area contributed by atoms with Crippen molar-refractivity contribution in [3.63, 3.8) is 0 Å². The number of carbonyl (C=O) groups excluding carboxylic acids is 1. The van der Waals surface area contributed by atoms with Gasteiger partial charge < -0.3 is 10.1 Å². The van der Waals surface area contributed by atoms with Gasteiger partial charge in [-0.25, -0.2) is 0 Å². The van der Waals surface area contributed by atoms with Gasteiger partial charge in [-0.15, -0.1) is 10.2 Å². The fourth-order valence-corrected chi connectivity index (χ4v) is 4.23. The molecule has 1 amide bonds. The SMILES string of the molecule is CCCNC(=O)CCCc1nnc(SCc2cccc(Cl)c2)n1-c1cccc(OC)c1. The van der Waals surface area contributed by atoms with Crippen LogP contribution in [0.1, 0.15) is 37.6 Å². The Balaban J connectivity index is 1.78. The van der Waals surface area contributed by atoms with Gasteiger partial charge in [0.05, 0.1) is 12.8 Å². The van der Waals surface area contributed by atoms with Crippen molar-refractivity contribution in [3.05, 3.63) is 64.9 Å². The molecule has 0 saturated carbocycles. The molecule has 0 bridgehead atoms. The molecule has 0 aliphatic rings. The first kappa shape index (κ1) is 23.2. The molecule has 1 aromatic heterocycles. The summed E-state index contributed by atoms with van der Waals surface area (Å²) in [5.74, 6) is 2.39. The van der Waals surface area contributed by atoms with E-state index in [2.05, 4.69) is 15.5 Å². The Morgan fingerprint density at radius 1 is 1.19 bits per heavy atom. The zero-order chi connectivity index (χ0) is 22.1. The number of thioether (sulfide) groups is 1. The molecule has 8 heteroatoms. The lowest BCUT2D eigenvalue weighted by atomic mass is 10.2. The standard InChI is InChI=1S/C23H27ClN4O2S/c1-3-13-25-22(29)12-6-11-21-26-27-23(31-16-17-7-4-8-18(24)14-17)28(21)19-9-5-10-20(15-19)30-2/h4-5,7-10,14-15H,3,6,11-13,16H2,1-2H3,(H,25,29). The number of aromatic nitrogens is 3. The number of nitrogens with one attached hydrogen (secondary N) is 1. The van der Waals surface area contributed by atoms with Crippen molar-refractivity contribution in [2.24, 2.45) is 0 Å². The molecular formula is C23H27ClN4O2S. The first-order chi connectivity index (χ1) is 15.1. The minimum absolute atomic E-state index is 0.0739. The average molecular weight is 459 g/mol. The van der Waals surface area contributed by atoms with Crippen LogP contribution in [0, 0.1) is 0 Å². The van der Waals surface area contributed by atoms with Crippen molar-refractivity contribution in [2.45, 2.75) is 43.5 Å². The summed E-state index contributed by atoms with van der Waals surface area (Å²) >= 11 is 7.72. The van der Waals surface area contributed by atoms with Crippen molar-refractivity contribution < 1.29 is 9.53 Å². The number of ether oxygens (including phenoxy) is 1. The Morgan fingerprint density at radius 3 is 2.81 bits per heavy atom. The van der Waals surface area contributed by atoms with Crippen molar-refractivity contribution in [1.29, 1.82) is 0 Å².